The van der Waals surface area contributed by atoms with E-state index in [1.165, 1.54) is 0 Å². The molecule has 0 saturated heterocycles. The van der Waals surface area contributed by atoms with Crippen molar-refractivity contribution in [2.24, 2.45) is 0 Å². The second kappa shape index (κ2) is 5.62. The van der Waals surface area contributed by atoms with Gasteiger partial charge >= 0.3 is 0 Å². The number of hydrogen-bond acceptors (Lipinski definition) is 4. The van der Waals surface area contributed by atoms with Crippen LogP contribution in [-0.4, -0.2) is 9.97 Å². The van der Waals surface area contributed by atoms with Gasteiger partial charge in [0, 0.05) is 16.9 Å². The van der Waals surface area contributed by atoms with E-state index in [1.54, 1.807) is 0 Å². The minimum atomic E-state index is 0.711. The lowest BCUT2D eigenvalue weighted by molar-refractivity contribution is 0.483. The van der Waals surface area contributed by atoms with E-state index in [4.69, 9.17) is 16.2 Å². The Bertz CT molecular complexity index is 988. The number of nitrogen functional groups attached to an aromatic ring is 2. The molecule has 0 radical (unpaired) electrons. The smallest absolute Gasteiger partial charge is 0.138 e. The molecule has 0 unspecified atom stereocenters. The maximum absolute atomic E-state index is 5.80. The number of aromatic amines is 1. The molecule has 118 valence electrons. The summed E-state index contributed by atoms with van der Waals surface area (Å²) in [4.78, 5) is 7.86. The van der Waals surface area contributed by atoms with E-state index in [1.807, 2.05) is 66.7 Å². The molecule has 0 aliphatic heterocycles. The van der Waals surface area contributed by atoms with Gasteiger partial charge in [-0.1, -0.05) is 0 Å². The Morgan fingerprint density at radius 1 is 0.750 bits per heavy atom. The number of rotatable bonds is 3. The monoisotopic (exact) mass is 316 g/mol. The fourth-order valence-electron chi connectivity index (χ4n) is 2.52. The van der Waals surface area contributed by atoms with Gasteiger partial charge in [-0.15, -0.1) is 0 Å². The lowest BCUT2D eigenvalue weighted by atomic mass is 10.2. The average molecular weight is 316 g/mol. The number of nitrogens with two attached hydrogens (primary N) is 2. The van der Waals surface area contributed by atoms with E-state index in [0.717, 1.165) is 33.9 Å². The van der Waals surface area contributed by atoms with Gasteiger partial charge in [-0.05, 0) is 66.7 Å². The third kappa shape index (κ3) is 2.75. The fourth-order valence-corrected chi connectivity index (χ4v) is 2.52. The van der Waals surface area contributed by atoms with Crippen LogP contribution < -0.4 is 16.2 Å². The minimum Gasteiger partial charge on any atom is -0.457 e. The minimum absolute atomic E-state index is 0.711. The van der Waals surface area contributed by atoms with Crippen LogP contribution in [0.2, 0.25) is 0 Å². The lowest BCUT2D eigenvalue weighted by Gasteiger charge is -2.06. The standard InChI is InChI=1S/C19H16N4O/c20-13-3-8-16(9-4-13)24-15-6-1-12(2-7-15)19-22-17-10-5-14(21)11-18(17)23-19/h1-11H,20-21H2,(H,22,23). The average Bonchev–Trinajstić information content (AvgIpc) is 3.01. The Morgan fingerprint density at radius 3 is 2.08 bits per heavy atom. The molecule has 5 nitrogen and oxygen atoms in total. The molecule has 0 amide bonds. The van der Waals surface area contributed by atoms with Crippen molar-refractivity contribution in [1.29, 1.82) is 0 Å². The first-order valence-corrected chi connectivity index (χ1v) is 7.56. The van der Waals surface area contributed by atoms with Gasteiger partial charge in [0.2, 0.25) is 0 Å². The zero-order valence-corrected chi connectivity index (χ0v) is 12.9. The molecular weight excluding hydrogens is 300 g/mol. The third-order valence-corrected chi connectivity index (χ3v) is 3.75. The van der Waals surface area contributed by atoms with Crippen molar-refractivity contribution < 1.29 is 4.74 Å². The molecule has 0 fully saturated rings. The fraction of sp³-hybridized carbons (Fsp3) is 0. The summed E-state index contributed by atoms with van der Waals surface area (Å²) < 4.78 is 5.80. The number of fused-ring (bicyclic) bond motifs is 1. The second-order valence-corrected chi connectivity index (χ2v) is 5.56. The normalized spacial score (nSPS) is 10.8. The van der Waals surface area contributed by atoms with Crippen LogP contribution in [0.4, 0.5) is 11.4 Å². The number of aromatic nitrogens is 2. The largest absolute Gasteiger partial charge is 0.457 e. The SMILES string of the molecule is Nc1ccc(Oc2ccc(-c3nc4ccc(N)cc4[nH]3)cc2)cc1. The number of ether oxygens (including phenoxy) is 1. The van der Waals surface area contributed by atoms with Crippen LogP contribution >= 0.6 is 0 Å². The van der Waals surface area contributed by atoms with Gasteiger partial charge in [0.1, 0.15) is 17.3 Å². The summed E-state index contributed by atoms with van der Waals surface area (Å²) in [6, 6.07) is 20.7. The maximum atomic E-state index is 5.80. The summed E-state index contributed by atoms with van der Waals surface area (Å²) >= 11 is 0. The topological polar surface area (TPSA) is 89.9 Å². The Kier molecular flexibility index (Phi) is 3.31. The van der Waals surface area contributed by atoms with E-state index < -0.39 is 0 Å². The van der Waals surface area contributed by atoms with Gasteiger partial charge in [-0.3, -0.25) is 0 Å². The maximum Gasteiger partial charge on any atom is 0.138 e. The van der Waals surface area contributed by atoms with E-state index in [0.29, 0.717) is 11.4 Å². The van der Waals surface area contributed by atoms with Gasteiger partial charge in [-0.25, -0.2) is 4.98 Å². The molecule has 4 aromatic rings. The van der Waals surface area contributed by atoms with Crippen molar-refractivity contribution in [3.63, 3.8) is 0 Å². The summed E-state index contributed by atoms with van der Waals surface area (Å²) in [5.41, 5.74) is 15.7. The Morgan fingerprint density at radius 2 is 1.38 bits per heavy atom. The number of nitrogens with zero attached hydrogens (tertiary/aromatic N) is 1. The molecule has 0 saturated carbocycles. The van der Waals surface area contributed by atoms with Gasteiger partial charge in [-0.2, -0.15) is 0 Å². The van der Waals surface area contributed by atoms with Crippen molar-refractivity contribution in [3.05, 3.63) is 66.7 Å². The van der Waals surface area contributed by atoms with Crippen LogP contribution in [0.5, 0.6) is 11.5 Å². The molecule has 0 spiro atoms. The molecule has 1 aromatic heterocycles. The van der Waals surface area contributed by atoms with Gasteiger partial charge in [0.15, 0.2) is 0 Å². The summed E-state index contributed by atoms with van der Waals surface area (Å²) in [6.07, 6.45) is 0. The number of hydrogen-bond donors (Lipinski definition) is 3. The van der Waals surface area contributed by atoms with Crippen LogP contribution in [0, 0.1) is 0 Å². The number of benzene rings is 3. The molecule has 4 rings (SSSR count). The summed E-state index contributed by atoms with van der Waals surface area (Å²) in [5, 5.41) is 0. The Labute approximate surface area is 138 Å². The Hall–Kier alpha value is -3.47. The van der Waals surface area contributed by atoms with E-state index in [9.17, 15) is 0 Å². The first-order valence-electron chi connectivity index (χ1n) is 7.56. The van der Waals surface area contributed by atoms with Gasteiger partial charge in [0.25, 0.3) is 0 Å². The number of imidazole rings is 1. The molecule has 0 atom stereocenters. The highest BCUT2D eigenvalue weighted by molar-refractivity contribution is 5.82. The van der Waals surface area contributed by atoms with Crippen molar-refractivity contribution in [3.8, 4) is 22.9 Å². The molecule has 5 N–H and O–H groups in total. The lowest BCUT2D eigenvalue weighted by Crippen LogP contribution is -1.87. The van der Waals surface area contributed by atoms with Crippen molar-refractivity contribution in [2.75, 3.05) is 11.5 Å². The summed E-state index contributed by atoms with van der Waals surface area (Å²) in [5.74, 6) is 2.30. The Balaban J connectivity index is 1.59. The van der Waals surface area contributed by atoms with E-state index in [2.05, 4.69) is 9.97 Å². The van der Waals surface area contributed by atoms with E-state index in [-0.39, 0.29) is 0 Å². The van der Waals surface area contributed by atoms with Gasteiger partial charge < -0.3 is 21.2 Å². The summed E-state index contributed by atoms with van der Waals surface area (Å²) in [6.45, 7) is 0. The molecule has 5 heteroatoms. The zero-order chi connectivity index (χ0) is 16.5. The zero-order valence-electron chi connectivity index (χ0n) is 12.9. The third-order valence-electron chi connectivity index (χ3n) is 3.75. The van der Waals surface area contributed by atoms with Crippen molar-refractivity contribution in [2.45, 2.75) is 0 Å². The highest BCUT2D eigenvalue weighted by Crippen LogP contribution is 2.26. The molecule has 0 aliphatic rings. The van der Waals surface area contributed by atoms with Crippen LogP contribution in [0.25, 0.3) is 22.4 Å². The molecule has 3 aromatic carbocycles. The van der Waals surface area contributed by atoms with Crippen molar-refractivity contribution in [1.82, 2.24) is 9.97 Å². The van der Waals surface area contributed by atoms with Gasteiger partial charge in [0.05, 0.1) is 11.0 Å². The van der Waals surface area contributed by atoms with E-state index >= 15 is 0 Å². The highest BCUT2D eigenvalue weighted by atomic mass is 16.5. The van der Waals surface area contributed by atoms with Crippen LogP contribution in [0.1, 0.15) is 0 Å². The van der Waals surface area contributed by atoms with Crippen LogP contribution in [0.3, 0.4) is 0 Å². The predicted molar refractivity (Wildman–Crippen MR) is 96.9 cm³/mol. The molecule has 0 aliphatic carbocycles. The number of H-pyrrole nitrogens is 1. The highest BCUT2D eigenvalue weighted by Gasteiger charge is 2.06. The molecule has 1 heterocycles. The first-order chi connectivity index (χ1) is 11.7. The predicted octanol–water partition coefficient (Wildman–Crippen LogP) is 4.19. The molecule has 24 heavy (non-hydrogen) atoms. The molecule has 0 bridgehead atoms. The first kappa shape index (κ1) is 14.1. The number of nitrogens with one attached hydrogen (secondary N) is 1. The second-order valence-electron chi connectivity index (χ2n) is 5.56. The molecular formula is C19H16N4O. The van der Waals surface area contributed by atoms with Crippen LogP contribution in [-0.2, 0) is 0 Å². The summed E-state index contributed by atoms with van der Waals surface area (Å²) in [7, 11) is 0. The van der Waals surface area contributed by atoms with Crippen molar-refractivity contribution >= 4 is 22.4 Å². The van der Waals surface area contributed by atoms with Crippen LogP contribution in [0.15, 0.2) is 66.7 Å². The number of anilines is 2. The quantitative estimate of drug-likeness (QED) is 0.494.